The second-order valence-corrected chi connectivity index (χ2v) is 4.48. The Bertz CT molecular complexity index is 261. The standard InChI is InChI=1S/C13H21N/c1-10(2)8-12-4-6-13(7-5-12)11(3)9-14/h4-7,10-11H,8-9,14H2,1-3H3. The molecule has 78 valence electrons. The van der Waals surface area contributed by atoms with Crippen LogP contribution in [0.25, 0.3) is 0 Å². The number of hydrogen-bond donors (Lipinski definition) is 1. The zero-order valence-electron chi connectivity index (χ0n) is 9.46. The van der Waals surface area contributed by atoms with E-state index in [4.69, 9.17) is 5.73 Å². The van der Waals surface area contributed by atoms with Gasteiger partial charge in [-0.05, 0) is 35.9 Å². The van der Waals surface area contributed by atoms with Crippen LogP contribution in [-0.2, 0) is 6.42 Å². The van der Waals surface area contributed by atoms with Gasteiger partial charge < -0.3 is 5.73 Å². The summed E-state index contributed by atoms with van der Waals surface area (Å²) in [6.07, 6.45) is 1.16. The molecule has 0 heterocycles. The Labute approximate surface area is 87.3 Å². The molecule has 1 rings (SSSR count). The van der Waals surface area contributed by atoms with Crippen molar-refractivity contribution in [2.45, 2.75) is 33.1 Å². The molecule has 0 amide bonds. The van der Waals surface area contributed by atoms with Crippen LogP contribution >= 0.6 is 0 Å². The fraction of sp³-hybridized carbons (Fsp3) is 0.538. The molecule has 0 fully saturated rings. The first-order chi connectivity index (χ1) is 6.63. The van der Waals surface area contributed by atoms with Crippen LogP contribution in [0.1, 0.15) is 37.8 Å². The summed E-state index contributed by atoms with van der Waals surface area (Å²) in [6.45, 7) is 7.38. The summed E-state index contributed by atoms with van der Waals surface area (Å²) in [5.74, 6) is 1.20. The molecule has 0 aromatic heterocycles. The molecule has 1 aromatic rings. The van der Waals surface area contributed by atoms with Crippen molar-refractivity contribution in [1.29, 1.82) is 0 Å². The molecule has 0 aliphatic carbocycles. The maximum Gasteiger partial charge on any atom is -0.00109 e. The monoisotopic (exact) mass is 191 g/mol. The first kappa shape index (κ1) is 11.3. The Morgan fingerprint density at radius 3 is 2.07 bits per heavy atom. The third kappa shape index (κ3) is 3.15. The number of hydrogen-bond acceptors (Lipinski definition) is 1. The van der Waals surface area contributed by atoms with Crippen LogP contribution in [0, 0.1) is 5.92 Å². The van der Waals surface area contributed by atoms with E-state index in [1.807, 2.05) is 0 Å². The van der Waals surface area contributed by atoms with Gasteiger partial charge in [0.05, 0.1) is 0 Å². The van der Waals surface area contributed by atoms with E-state index in [1.165, 1.54) is 11.1 Å². The third-order valence-electron chi connectivity index (χ3n) is 2.55. The highest BCUT2D eigenvalue weighted by Gasteiger charge is 2.03. The summed E-state index contributed by atoms with van der Waals surface area (Å²) in [7, 11) is 0. The van der Waals surface area contributed by atoms with Crippen molar-refractivity contribution >= 4 is 0 Å². The lowest BCUT2D eigenvalue weighted by atomic mass is 9.97. The van der Waals surface area contributed by atoms with Crippen molar-refractivity contribution in [3.05, 3.63) is 35.4 Å². The molecule has 1 aromatic carbocycles. The quantitative estimate of drug-likeness (QED) is 0.778. The smallest absolute Gasteiger partial charge is 0.00109 e. The third-order valence-corrected chi connectivity index (χ3v) is 2.55. The van der Waals surface area contributed by atoms with E-state index < -0.39 is 0 Å². The van der Waals surface area contributed by atoms with Crippen LogP contribution in [0.3, 0.4) is 0 Å². The van der Waals surface area contributed by atoms with E-state index in [1.54, 1.807) is 0 Å². The van der Waals surface area contributed by atoms with Crippen LogP contribution in [0.2, 0.25) is 0 Å². The lowest BCUT2D eigenvalue weighted by Gasteiger charge is -2.10. The average Bonchev–Trinajstić information content (AvgIpc) is 2.17. The number of nitrogens with two attached hydrogens (primary N) is 1. The van der Waals surface area contributed by atoms with E-state index in [2.05, 4.69) is 45.0 Å². The summed E-state index contributed by atoms with van der Waals surface area (Å²) < 4.78 is 0. The van der Waals surface area contributed by atoms with Gasteiger partial charge in [0.15, 0.2) is 0 Å². The first-order valence-corrected chi connectivity index (χ1v) is 5.42. The van der Waals surface area contributed by atoms with Gasteiger partial charge >= 0.3 is 0 Å². The summed E-state index contributed by atoms with van der Waals surface area (Å²) in [5, 5.41) is 0. The minimum absolute atomic E-state index is 0.475. The predicted octanol–water partition coefficient (Wildman–Crippen LogP) is 2.95. The molecule has 0 bridgehead atoms. The van der Waals surface area contributed by atoms with E-state index in [0.29, 0.717) is 5.92 Å². The number of rotatable bonds is 4. The minimum Gasteiger partial charge on any atom is -0.330 e. The van der Waals surface area contributed by atoms with E-state index in [0.717, 1.165) is 18.9 Å². The Kier molecular flexibility index (Phi) is 4.15. The zero-order chi connectivity index (χ0) is 10.6. The highest BCUT2D eigenvalue weighted by molar-refractivity contribution is 5.25. The fourth-order valence-electron chi connectivity index (χ4n) is 1.59. The molecular formula is C13H21N. The largest absolute Gasteiger partial charge is 0.330 e. The molecule has 0 aliphatic heterocycles. The minimum atomic E-state index is 0.475. The molecule has 14 heavy (non-hydrogen) atoms. The van der Waals surface area contributed by atoms with Crippen LogP contribution in [0.15, 0.2) is 24.3 Å². The molecule has 0 spiro atoms. The molecule has 0 saturated carbocycles. The highest BCUT2D eigenvalue weighted by Crippen LogP contribution is 2.16. The van der Waals surface area contributed by atoms with E-state index >= 15 is 0 Å². The van der Waals surface area contributed by atoms with Crippen molar-refractivity contribution < 1.29 is 0 Å². The molecule has 0 aliphatic rings. The van der Waals surface area contributed by atoms with Crippen LogP contribution in [0.5, 0.6) is 0 Å². The van der Waals surface area contributed by atoms with Crippen LogP contribution in [-0.4, -0.2) is 6.54 Å². The Hall–Kier alpha value is -0.820. The van der Waals surface area contributed by atoms with Crippen molar-refractivity contribution in [2.75, 3.05) is 6.54 Å². The van der Waals surface area contributed by atoms with Gasteiger partial charge in [0.2, 0.25) is 0 Å². The van der Waals surface area contributed by atoms with Crippen LogP contribution in [0.4, 0.5) is 0 Å². The maximum atomic E-state index is 5.62. The molecule has 2 N–H and O–H groups in total. The lowest BCUT2D eigenvalue weighted by Crippen LogP contribution is -2.08. The summed E-state index contributed by atoms with van der Waals surface area (Å²) in [6, 6.07) is 8.85. The Balaban J connectivity index is 2.68. The maximum absolute atomic E-state index is 5.62. The zero-order valence-corrected chi connectivity index (χ0v) is 9.46. The summed E-state index contributed by atoms with van der Waals surface area (Å²) in [4.78, 5) is 0. The average molecular weight is 191 g/mol. The topological polar surface area (TPSA) is 26.0 Å². The molecule has 1 nitrogen and oxygen atoms in total. The Morgan fingerprint density at radius 2 is 1.64 bits per heavy atom. The van der Waals surface area contributed by atoms with Crippen molar-refractivity contribution in [3.8, 4) is 0 Å². The van der Waals surface area contributed by atoms with Crippen molar-refractivity contribution in [2.24, 2.45) is 11.7 Å². The molecule has 1 heteroatoms. The van der Waals surface area contributed by atoms with Gasteiger partial charge in [-0.3, -0.25) is 0 Å². The summed E-state index contributed by atoms with van der Waals surface area (Å²) in [5.41, 5.74) is 8.39. The lowest BCUT2D eigenvalue weighted by molar-refractivity contribution is 0.646. The van der Waals surface area contributed by atoms with Crippen molar-refractivity contribution in [3.63, 3.8) is 0 Å². The Morgan fingerprint density at radius 1 is 1.07 bits per heavy atom. The molecule has 0 saturated heterocycles. The van der Waals surface area contributed by atoms with Gasteiger partial charge in [-0.1, -0.05) is 45.0 Å². The van der Waals surface area contributed by atoms with Gasteiger partial charge in [0.25, 0.3) is 0 Å². The normalized spacial score (nSPS) is 13.2. The number of benzene rings is 1. The molecule has 0 radical (unpaired) electrons. The first-order valence-electron chi connectivity index (χ1n) is 5.42. The second kappa shape index (κ2) is 5.16. The fourth-order valence-corrected chi connectivity index (χ4v) is 1.59. The SMILES string of the molecule is CC(C)Cc1ccc(C(C)CN)cc1. The van der Waals surface area contributed by atoms with Gasteiger partial charge in [-0.2, -0.15) is 0 Å². The van der Waals surface area contributed by atoms with Crippen molar-refractivity contribution in [1.82, 2.24) is 0 Å². The van der Waals surface area contributed by atoms with Crippen LogP contribution < -0.4 is 5.73 Å². The molecule has 1 unspecified atom stereocenters. The van der Waals surface area contributed by atoms with Gasteiger partial charge in [0, 0.05) is 0 Å². The molecular weight excluding hydrogens is 170 g/mol. The van der Waals surface area contributed by atoms with E-state index in [9.17, 15) is 0 Å². The highest BCUT2D eigenvalue weighted by atomic mass is 14.5. The van der Waals surface area contributed by atoms with Gasteiger partial charge in [-0.25, -0.2) is 0 Å². The predicted molar refractivity (Wildman–Crippen MR) is 62.5 cm³/mol. The molecule has 1 atom stereocenters. The second-order valence-electron chi connectivity index (χ2n) is 4.48. The van der Waals surface area contributed by atoms with Gasteiger partial charge in [0.1, 0.15) is 0 Å². The summed E-state index contributed by atoms with van der Waals surface area (Å²) >= 11 is 0. The van der Waals surface area contributed by atoms with E-state index in [-0.39, 0.29) is 0 Å². The van der Waals surface area contributed by atoms with Gasteiger partial charge in [-0.15, -0.1) is 0 Å².